The molecule has 1 unspecified atom stereocenters. The Bertz CT molecular complexity index is 775. The average Bonchev–Trinajstić information content (AvgIpc) is 2.64. The van der Waals surface area contributed by atoms with Crippen LogP contribution >= 0.6 is 7.14 Å². The lowest BCUT2D eigenvalue weighted by atomic mass is 9.92. The van der Waals surface area contributed by atoms with Gasteiger partial charge in [-0.1, -0.05) is 80.7 Å². The second-order valence-electron chi connectivity index (χ2n) is 7.53. The largest absolute Gasteiger partial charge is 0.320 e. The van der Waals surface area contributed by atoms with Crippen LogP contribution in [-0.4, -0.2) is 13.3 Å². The van der Waals surface area contributed by atoms with Gasteiger partial charge in [0.25, 0.3) is 0 Å². The molecule has 0 radical (unpaired) electrons. The van der Waals surface area contributed by atoms with Crippen LogP contribution in [0.2, 0.25) is 0 Å². The highest BCUT2D eigenvalue weighted by Crippen LogP contribution is 2.48. The fourth-order valence-corrected chi connectivity index (χ4v) is 4.27. The minimum Gasteiger partial charge on any atom is -0.320 e. The van der Waals surface area contributed by atoms with Crippen molar-refractivity contribution in [2.24, 2.45) is 5.92 Å². The van der Waals surface area contributed by atoms with E-state index >= 15 is 0 Å². The summed E-state index contributed by atoms with van der Waals surface area (Å²) >= 11 is 0. The van der Waals surface area contributed by atoms with E-state index in [9.17, 15) is 4.57 Å². The lowest BCUT2D eigenvalue weighted by molar-refractivity contribution is 0.585. The third-order valence-electron chi connectivity index (χ3n) is 4.87. The number of allylic oxidation sites excluding steroid dienone is 15. The predicted molar refractivity (Wildman–Crippen MR) is 128 cm³/mol. The van der Waals surface area contributed by atoms with Gasteiger partial charge in [0.05, 0.1) is 0 Å². The molecule has 1 aliphatic rings. The first-order valence-electron chi connectivity index (χ1n) is 10.2. The molecule has 0 aromatic carbocycles. The van der Waals surface area contributed by atoms with E-state index in [0.29, 0.717) is 12.3 Å². The van der Waals surface area contributed by atoms with E-state index in [2.05, 4.69) is 88.1 Å². The van der Waals surface area contributed by atoms with Gasteiger partial charge in [-0.25, -0.2) is 0 Å². The predicted octanol–water partition coefficient (Wildman–Crippen LogP) is 8.38. The third kappa shape index (κ3) is 8.44. The van der Waals surface area contributed by atoms with E-state index in [1.54, 1.807) is 0 Å². The summed E-state index contributed by atoms with van der Waals surface area (Å²) in [5, 5.41) is 1.02. The molecule has 2 heteroatoms. The average molecular weight is 397 g/mol. The zero-order valence-corrected chi connectivity index (χ0v) is 19.2. The summed E-state index contributed by atoms with van der Waals surface area (Å²) in [5.41, 5.74) is 4.11. The lowest BCUT2D eigenvalue weighted by Gasteiger charge is -2.14. The molecule has 0 fully saturated rings. The van der Waals surface area contributed by atoms with Gasteiger partial charge in [0.15, 0.2) is 0 Å². The van der Waals surface area contributed by atoms with Crippen molar-refractivity contribution in [2.75, 3.05) is 13.3 Å². The maximum absolute atomic E-state index is 12.3. The standard InChI is InChI=1S/C26H37OP/c1-7-15-24(23(9-3)21-25-19-14-13-17-22(25)4)18-11-10-12-20-26(16-8-2)28(5,6)27/h7-8,10-11,13-15,17,19-22H,2,9,12,16,18H2,1,3-6H3/b11-10+,15-7-,24-23-,25-21-,26-20?. The molecule has 1 nitrogen and oxygen atoms in total. The van der Waals surface area contributed by atoms with Gasteiger partial charge in [-0.05, 0) is 73.9 Å². The van der Waals surface area contributed by atoms with Crippen LogP contribution in [-0.2, 0) is 4.57 Å². The molecule has 0 saturated heterocycles. The molecule has 1 rings (SSSR count). The maximum Gasteiger partial charge on any atom is 0.105 e. The quantitative estimate of drug-likeness (QED) is 0.206. The van der Waals surface area contributed by atoms with Gasteiger partial charge >= 0.3 is 0 Å². The topological polar surface area (TPSA) is 17.1 Å². The highest BCUT2D eigenvalue weighted by molar-refractivity contribution is 7.66. The first-order valence-corrected chi connectivity index (χ1v) is 12.8. The number of hydrogen-bond donors (Lipinski definition) is 0. The van der Waals surface area contributed by atoms with E-state index in [4.69, 9.17) is 0 Å². The molecule has 0 bridgehead atoms. The molecular weight excluding hydrogens is 359 g/mol. The number of rotatable bonds is 10. The Morgan fingerprint density at radius 1 is 1.18 bits per heavy atom. The number of hydrogen-bond acceptors (Lipinski definition) is 1. The summed E-state index contributed by atoms with van der Waals surface area (Å²) in [6, 6.07) is 0. The highest BCUT2D eigenvalue weighted by Gasteiger charge is 2.12. The Kier molecular flexibility index (Phi) is 10.9. The van der Waals surface area contributed by atoms with Crippen LogP contribution in [0.1, 0.15) is 46.5 Å². The van der Waals surface area contributed by atoms with Crippen LogP contribution in [0, 0.1) is 5.92 Å². The molecule has 0 heterocycles. The van der Waals surface area contributed by atoms with Crippen molar-refractivity contribution in [3.8, 4) is 0 Å². The molecule has 0 spiro atoms. The van der Waals surface area contributed by atoms with E-state index in [1.807, 2.05) is 19.4 Å². The van der Waals surface area contributed by atoms with Crippen molar-refractivity contribution in [1.82, 2.24) is 0 Å². The SMILES string of the molecule is C=CCC(=CC/C=C/CC(/C=C\C)=C(\C=C1\C=CC=CC1C)CC)P(C)(C)=O. The molecule has 1 aliphatic carbocycles. The Morgan fingerprint density at radius 3 is 2.50 bits per heavy atom. The van der Waals surface area contributed by atoms with Crippen LogP contribution in [0.15, 0.2) is 95.4 Å². The maximum atomic E-state index is 12.3. The van der Waals surface area contributed by atoms with Crippen molar-refractivity contribution in [3.63, 3.8) is 0 Å². The van der Waals surface area contributed by atoms with Gasteiger partial charge in [0.2, 0.25) is 0 Å². The fourth-order valence-electron chi connectivity index (χ4n) is 3.15. The second-order valence-corrected chi connectivity index (χ2v) is 10.8. The van der Waals surface area contributed by atoms with Gasteiger partial charge in [-0.3, -0.25) is 0 Å². The molecule has 0 saturated carbocycles. The van der Waals surface area contributed by atoms with Crippen molar-refractivity contribution in [1.29, 1.82) is 0 Å². The Balaban J connectivity index is 2.95. The normalized spacial score (nSPS) is 20.4. The first-order chi connectivity index (χ1) is 13.3. The Labute approximate surface area is 173 Å². The van der Waals surface area contributed by atoms with Gasteiger partial charge in [0, 0.05) is 0 Å². The minimum absolute atomic E-state index is 0.459. The van der Waals surface area contributed by atoms with Crippen LogP contribution in [0.25, 0.3) is 0 Å². The van der Waals surface area contributed by atoms with E-state index < -0.39 is 7.14 Å². The zero-order chi connectivity index (χ0) is 21.0. The van der Waals surface area contributed by atoms with E-state index in [1.165, 1.54) is 16.7 Å². The fraction of sp³-hybridized carbons (Fsp3) is 0.385. The lowest BCUT2D eigenvalue weighted by Crippen LogP contribution is -1.97. The molecular formula is C26H37OP. The first kappa shape index (κ1) is 24.2. The minimum atomic E-state index is -2.20. The van der Waals surface area contributed by atoms with Crippen LogP contribution in [0.5, 0.6) is 0 Å². The van der Waals surface area contributed by atoms with Crippen molar-refractivity contribution in [3.05, 3.63) is 95.4 Å². The summed E-state index contributed by atoms with van der Waals surface area (Å²) in [4.78, 5) is 0. The third-order valence-corrected chi connectivity index (χ3v) is 6.62. The molecule has 1 atom stereocenters. The van der Waals surface area contributed by atoms with Gasteiger partial charge in [-0.2, -0.15) is 0 Å². The van der Waals surface area contributed by atoms with Crippen molar-refractivity contribution < 1.29 is 4.57 Å². The Morgan fingerprint density at radius 2 is 1.93 bits per heavy atom. The van der Waals surface area contributed by atoms with Crippen molar-refractivity contribution in [2.45, 2.75) is 46.5 Å². The summed E-state index contributed by atoms with van der Waals surface area (Å²) in [5.74, 6) is 0.459. The molecule has 0 amide bonds. The second kappa shape index (κ2) is 12.6. The highest BCUT2D eigenvalue weighted by atomic mass is 31.2. The molecule has 0 aromatic heterocycles. The van der Waals surface area contributed by atoms with Gasteiger partial charge < -0.3 is 4.57 Å². The summed E-state index contributed by atoms with van der Waals surface area (Å²) in [6.45, 7) is 14.0. The Hall–Kier alpha value is -1.85. The van der Waals surface area contributed by atoms with Crippen molar-refractivity contribution >= 4 is 7.14 Å². The summed E-state index contributed by atoms with van der Waals surface area (Å²) in [6.07, 6.45) is 27.1. The monoisotopic (exact) mass is 396 g/mol. The van der Waals surface area contributed by atoms with Gasteiger partial charge in [-0.15, -0.1) is 6.58 Å². The smallest absolute Gasteiger partial charge is 0.105 e. The van der Waals surface area contributed by atoms with Crippen LogP contribution in [0.3, 0.4) is 0 Å². The summed E-state index contributed by atoms with van der Waals surface area (Å²) in [7, 11) is -2.20. The molecule has 28 heavy (non-hydrogen) atoms. The van der Waals surface area contributed by atoms with E-state index in [-0.39, 0.29) is 0 Å². The van der Waals surface area contributed by atoms with Crippen LogP contribution < -0.4 is 0 Å². The van der Waals surface area contributed by atoms with Crippen LogP contribution in [0.4, 0.5) is 0 Å². The van der Waals surface area contributed by atoms with E-state index in [0.717, 1.165) is 24.6 Å². The molecule has 0 N–H and O–H groups in total. The molecule has 0 aromatic rings. The summed E-state index contributed by atoms with van der Waals surface area (Å²) < 4.78 is 12.3. The van der Waals surface area contributed by atoms with Gasteiger partial charge in [0.1, 0.15) is 7.14 Å². The molecule has 0 aliphatic heterocycles. The molecule has 152 valence electrons. The zero-order valence-electron chi connectivity index (χ0n) is 18.3.